The molecule has 2 rings (SSSR count). The van der Waals surface area contributed by atoms with Crippen molar-refractivity contribution in [2.75, 3.05) is 11.5 Å². The van der Waals surface area contributed by atoms with E-state index >= 15 is 0 Å². The molecule has 110 valence electrons. The van der Waals surface area contributed by atoms with Gasteiger partial charge in [0, 0.05) is 16.2 Å². The Hall–Kier alpha value is -0.880. The first-order valence-electron chi connectivity index (χ1n) is 6.79. The van der Waals surface area contributed by atoms with Crippen molar-refractivity contribution < 1.29 is 9.00 Å². The smallest absolute Gasteiger partial charge is 0.233 e. The van der Waals surface area contributed by atoms with Gasteiger partial charge in [0.05, 0.1) is 15.7 Å². The maximum Gasteiger partial charge on any atom is 0.233 e. The molecule has 1 saturated carbocycles. The van der Waals surface area contributed by atoms with Crippen LogP contribution in [0.2, 0.25) is 0 Å². The molecule has 1 aliphatic rings. The van der Waals surface area contributed by atoms with Gasteiger partial charge in [-0.1, -0.05) is 19.3 Å². The SMILES string of the molecule is Nc1ccc(S(=O)CC(=O)NC2CCCCC2)c(Br)c1. The van der Waals surface area contributed by atoms with Gasteiger partial charge in [0.2, 0.25) is 5.91 Å². The van der Waals surface area contributed by atoms with E-state index in [0.29, 0.717) is 15.1 Å². The fourth-order valence-corrected chi connectivity index (χ4v) is 4.33. The van der Waals surface area contributed by atoms with E-state index in [2.05, 4.69) is 21.2 Å². The van der Waals surface area contributed by atoms with Crippen LogP contribution in [-0.4, -0.2) is 21.9 Å². The highest BCUT2D eigenvalue weighted by Crippen LogP contribution is 2.23. The third-order valence-electron chi connectivity index (χ3n) is 3.43. The summed E-state index contributed by atoms with van der Waals surface area (Å²) in [4.78, 5) is 12.5. The third-order valence-corrected chi connectivity index (χ3v) is 5.72. The molecule has 1 aliphatic carbocycles. The molecule has 0 saturated heterocycles. The first-order chi connectivity index (χ1) is 9.56. The molecule has 0 spiro atoms. The zero-order valence-corrected chi connectivity index (χ0v) is 13.6. The molecule has 1 fully saturated rings. The van der Waals surface area contributed by atoms with Gasteiger partial charge in [-0.25, -0.2) is 0 Å². The van der Waals surface area contributed by atoms with E-state index in [-0.39, 0.29) is 17.7 Å². The molecule has 0 aromatic heterocycles. The molecular formula is C14H19BrN2O2S. The summed E-state index contributed by atoms with van der Waals surface area (Å²) in [5.41, 5.74) is 6.25. The van der Waals surface area contributed by atoms with E-state index in [1.54, 1.807) is 18.2 Å². The van der Waals surface area contributed by atoms with Crippen LogP contribution in [0.3, 0.4) is 0 Å². The van der Waals surface area contributed by atoms with E-state index in [1.807, 2.05) is 0 Å². The zero-order chi connectivity index (χ0) is 14.5. The number of benzene rings is 1. The van der Waals surface area contributed by atoms with Crippen LogP contribution in [0.1, 0.15) is 32.1 Å². The van der Waals surface area contributed by atoms with Crippen molar-refractivity contribution >= 4 is 38.3 Å². The average Bonchev–Trinajstić information content (AvgIpc) is 2.39. The summed E-state index contributed by atoms with van der Waals surface area (Å²) in [5.74, 6) is -0.141. The first kappa shape index (κ1) is 15.5. The lowest BCUT2D eigenvalue weighted by molar-refractivity contribution is -0.119. The standard InChI is InChI=1S/C14H19BrN2O2S/c15-12-8-10(16)6-7-13(12)20(19)9-14(18)17-11-4-2-1-3-5-11/h6-8,11H,1-5,9,16H2,(H,17,18). The number of carbonyl (C=O) groups is 1. The lowest BCUT2D eigenvalue weighted by Crippen LogP contribution is -2.38. The van der Waals surface area contributed by atoms with Crippen molar-refractivity contribution in [3.8, 4) is 0 Å². The summed E-state index contributed by atoms with van der Waals surface area (Å²) < 4.78 is 12.9. The summed E-state index contributed by atoms with van der Waals surface area (Å²) in [6, 6.07) is 5.34. The Morgan fingerprint density at radius 1 is 1.35 bits per heavy atom. The Morgan fingerprint density at radius 3 is 2.70 bits per heavy atom. The molecule has 20 heavy (non-hydrogen) atoms. The van der Waals surface area contributed by atoms with Crippen LogP contribution in [0, 0.1) is 0 Å². The van der Waals surface area contributed by atoms with Crippen molar-refractivity contribution in [2.45, 2.75) is 43.0 Å². The van der Waals surface area contributed by atoms with E-state index in [9.17, 15) is 9.00 Å². The molecule has 0 radical (unpaired) electrons. The molecule has 0 bridgehead atoms. The van der Waals surface area contributed by atoms with Gasteiger partial charge in [-0.3, -0.25) is 9.00 Å². The maximum atomic E-state index is 12.2. The number of rotatable bonds is 4. The van der Waals surface area contributed by atoms with Crippen LogP contribution in [-0.2, 0) is 15.6 Å². The first-order valence-corrected chi connectivity index (χ1v) is 8.90. The summed E-state index contributed by atoms with van der Waals surface area (Å²) >= 11 is 3.33. The Kier molecular flexibility index (Phi) is 5.60. The zero-order valence-electron chi connectivity index (χ0n) is 11.2. The van der Waals surface area contributed by atoms with Gasteiger partial charge in [0.1, 0.15) is 5.75 Å². The topological polar surface area (TPSA) is 72.2 Å². The van der Waals surface area contributed by atoms with Crippen LogP contribution in [0.15, 0.2) is 27.6 Å². The highest BCUT2D eigenvalue weighted by molar-refractivity contribution is 9.10. The number of hydrogen-bond donors (Lipinski definition) is 2. The van der Waals surface area contributed by atoms with Crippen LogP contribution < -0.4 is 11.1 Å². The fourth-order valence-electron chi connectivity index (χ4n) is 2.41. The van der Waals surface area contributed by atoms with Gasteiger partial charge in [0.15, 0.2) is 0 Å². The van der Waals surface area contributed by atoms with Crippen molar-refractivity contribution in [2.24, 2.45) is 0 Å². The van der Waals surface area contributed by atoms with Crippen LogP contribution >= 0.6 is 15.9 Å². The van der Waals surface area contributed by atoms with Gasteiger partial charge in [-0.15, -0.1) is 0 Å². The quantitative estimate of drug-likeness (QED) is 0.812. The number of carbonyl (C=O) groups excluding carboxylic acids is 1. The Labute approximate surface area is 130 Å². The lowest BCUT2D eigenvalue weighted by Gasteiger charge is -2.22. The molecule has 3 N–H and O–H groups in total. The second kappa shape index (κ2) is 7.22. The molecule has 1 amide bonds. The molecule has 0 aliphatic heterocycles. The number of halogens is 1. The van der Waals surface area contributed by atoms with Gasteiger partial charge in [-0.05, 0) is 47.0 Å². The number of anilines is 1. The number of hydrogen-bond acceptors (Lipinski definition) is 3. The predicted octanol–water partition coefficient (Wildman–Crippen LogP) is 2.59. The van der Waals surface area contributed by atoms with Crippen molar-refractivity contribution in [1.29, 1.82) is 0 Å². The van der Waals surface area contributed by atoms with Crippen LogP contribution in [0.5, 0.6) is 0 Å². The van der Waals surface area contributed by atoms with Crippen molar-refractivity contribution in [1.82, 2.24) is 5.32 Å². The second-order valence-electron chi connectivity index (χ2n) is 5.08. The van der Waals surface area contributed by atoms with E-state index in [1.165, 1.54) is 6.42 Å². The number of nitrogens with one attached hydrogen (secondary N) is 1. The Bertz CT molecular complexity index is 516. The van der Waals surface area contributed by atoms with Crippen molar-refractivity contribution in [3.63, 3.8) is 0 Å². The third kappa shape index (κ3) is 4.31. The summed E-state index contributed by atoms with van der Waals surface area (Å²) in [7, 11) is -1.35. The second-order valence-corrected chi connectivity index (χ2v) is 7.36. The minimum absolute atomic E-state index is 0.000974. The number of nitrogens with two attached hydrogens (primary N) is 1. The van der Waals surface area contributed by atoms with Gasteiger partial charge >= 0.3 is 0 Å². The monoisotopic (exact) mass is 358 g/mol. The molecule has 0 heterocycles. The Morgan fingerprint density at radius 2 is 2.05 bits per heavy atom. The normalized spacial score (nSPS) is 17.6. The van der Waals surface area contributed by atoms with E-state index < -0.39 is 10.8 Å². The van der Waals surface area contributed by atoms with E-state index in [0.717, 1.165) is 25.7 Å². The molecule has 1 atom stereocenters. The number of amides is 1. The predicted molar refractivity (Wildman–Crippen MR) is 84.8 cm³/mol. The largest absolute Gasteiger partial charge is 0.399 e. The summed E-state index contributed by atoms with van der Waals surface area (Å²) in [6.07, 6.45) is 5.64. The number of nitrogen functional groups attached to an aromatic ring is 1. The maximum absolute atomic E-state index is 12.2. The molecule has 1 aromatic carbocycles. The Balaban J connectivity index is 1.91. The molecule has 1 aromatic rings. The van der Waals surface area contributed by atoms with Crippen LogP contribution in [0.4, 0.5) is 5.69 Å². The van der Waals surface area contributed by atoms with E-state index in [4.69, 9.17) is 5.73 Å². The van der Waals surface area contributed by atoms with Crippen molar-refractivity contribution in [3.05, 3.63) is 22.7 Å². The van der Waals surface area contributed by atoms with Crippen LogP contribution in [0.25, 0.3) is 0 Å². The molecule has 1 unspecified atom stereocenters. The molecule has 4 nitrogen and oxygen atoms in total. The van der Waals surface area contributed by atoms with Gasteiger partial charge < -0.3 is 11.1 Å². The summed E-state index contributed by atoms with van der Waals surface area (Å²) in [5, 5.41) is 2.98. The minimum Gasteiger partial charge on any atom is -0.399 e. The summed E-state index contributed by atoms with van der Waals surface area (Å²) in [6.45, 7) is 0. The molecule has 6 heteroatoms. The highest BCUT2D eigenvalue weighted by Gasteiger charge is 2.18. The average molecular weight is 359 g/mol. The highest BCUT2D eigenvalue weighted by atomic mass is 79.9. The van der Waals surface area contributed by atoms with Gasteiger partial charge in [0.25, 0.3) is 0 Å². The fraction of sp³-hybridized carbons (Fsp3) is 0.500. The van der Waals surface area contributed by atoms with Gasteiger partial charge in [-0.2, -0.15) is 0 Å². The minimum atomic E-state index is -1.35. The lowest BCUT2D eigenvalue weighted by atomic mass is 9.95. The molecular weight excluding hydrogens is 340 g/mol.